The molecule has 13 heavy (non-hydrogen) atoms. The zero-order valence-corrected chi connectivity index (χ0v) is 7.82. The Morgan fingerprint density at radius 2 is 1.69 bits per heavy atom. The van der Waals surface area contributed by atoms with Gasteiger partial charge < -0.3 is 5.32 Å². The van der Waals surface area contributed by atoms with Gasteiger partial charge in [-0.15, -0.1) is 0 Å². The third-order valence-corrected chi connectivity index (χ3v) is 2.78. The number of halogens is 3. The summed E-state index contributed by atoms with van der Waals surface area (Å²) in [4.78, 5) is 0. The first kappa shape index (κ1) is 10.8. The van der Waals surface area contributed by atoms with Crippen LogP contribution in [0, 0.1) is 5.92 Å². The number of rotatable bonds is 2. The second-order valence-corrected chi connectivity index (χ2v) is 3.71. The monoisotopic (exact) mass is 195 g/mol. The number of hydrogen-bond donors (Lipinski definition) is 1. The van der Waals surface area contributed by atoms with Gasteiger partial charge in [-0.3, -0.25) is 0 Å². The lowest BCUT2D eigenvalue weighted by atomic mass is 9.83. The molecule has 0 spiro atoms. The van der Waals surface area contributed by atoms with Crippen LogP contribution in [0.4, 0.5) is 13.2 Å². The molecule has 1 N–H and O–H groups in total. The molecule has 1 aliphatic rings. The summed E-state index contributed by atoms with van der Waals surface area (Å²) < 4.78 is 37.3. The van der Waals surface area contributed by atoms with E-state index in [-0.39, 0.29) is 5.92 Å². The summed E-state index contributed by atoms with van der Waals surface area (Å²) in [5.74, 6) is -0.209. The molecule has 1 fully saturated rings. The molecule has 0 aliphatic heterocycles. The Balaban J connectivity index is 2.54. The fourth-order valence-corrected chi connectivity index (χ4v) is 2.13. The number of hydrogen-bond acceptors (Lipinski definition) is 1. The lowest BCUT2D eigenvalue weighted by Gasteiger charge is -2.31. The molecule has 1 rings (SSSR count). The van der Waals surface area contributed by atoms with Gasteiger partial charge in [-0.1, -0.05) is 19.3 Å². The minimum atomic E-state index is -4.09. The minimum absolute atomic E-state index is 0.209. The maximum atomic E-state index is 12.4. The van der Waals surface area contributed by atoms with Crippen molar-refractivity contribution in [2.75, 3.05) is 7.05 Å². The second kappa shape index (κ2) is 4.31. The van der Waals surface area contributed by atoms with Crippen LogP contribution in [0.15, 0.2) is 0 Å². The molecule has 0 aromatic rings. The predicted octanol–water partition coefficient (Wildman–Crippen LogP) is 2.72. The van der Waals surface area contributed by atoms with Crippen molar-refractivity contribution in [3.05, 3.63) is 0 Å². The Labute approximate surface area is 76.7 Å². The highest BCUT2D eigenvalue weighted by atomic mass is 19.4. The molecule has 0 heterocycles. The molecule has 0 bridgehead atoms. The fraction of sp³-hybridized carbons (Fsp3) is 1.00. The maximum Gasteiger partial charge on any atom is 0.404 e. The maximum absolute atomic E-state index is 12.4. The standard InChI is InChI=1S/C9H16F3N/c1-13-8(9(10,11)12)7-5-3-2-4-6-7/h7-8,13H,2-6H2,1H3. The summed E-state index contributed by atoms with van der Waals surface area (Å²) in [6.45, 7) is 0. The van der Waals surface area contributed by atoms with Crippen LogP contribution in [0.2, 0.25) is 0 Å². The van der Waals surface area contributed by atoms with E-state index in [2.05, 4.69) is 5.32 Å². The van der Waals surface area contributed by atoms with Crippen molar-refractivity contribution in [1.29, 1.82) is 0 Å². The smallest absolute Gasteiger partial charge is 0.309 e. The van der Waals surface area contributed by atoms with E-state index in [0.29, 0.717) is 12.8 Å². The van der Waals surface area contributed by atoms with Crippen molar-refractivity contribution in [3.8, 4) is 0 Å². The Bertz CT molecular complexity index is 149. The van der Waals surface area contributed by atoms with Gasteiger partial charge in [-0.2, -0.15) is 13.2 Å². The third kappa shape index (κ3) is 2.86. The third-order valence-electron chi connectivity index (χ3n) is 2.78. The van der Waals surface area contributed by atoms with Crippen molar-refractivity contribution >= 4 is 0 Å². The van der Waals surface area contributed by atoms with Gasteiger partial charge in [-0.25, -0.2) is 0 Å². The quantitative estimate of drug-likeness (QED) is 0.714. The van der Waals surface area contributed by atoms with E-state index in [1.807, 2.05) is 0 Å². The van der Waals surface area contributed by atoms with E-state index < -0.39 is 12.2 Å². The van der Waals surface area contributed by atoms with Gasteiger partial charge in [0.15, 0.2) is 0 Å². The molecular weight excluding hydrogens is 179 g/mol. The SMILES string of the molecule is CNC(C1CCCCC1)C(F)(F)F. The highest BCUT2D eigenvalue weighted by Crippen LogP contribution is 2.34. The Hall–Kier alpha value is -0.250. The minimum Gasteiger partial charge on any atom is -0.309 e. The molecule has 1 atom stereocenters. The fourth-order valence-electron chi connectivity index (χ4n) is 2.13. The lowest BCUT2D eigenvalue weighted by molar-refractivity contribution is -0.168. The van der Waals surface area contributed by atoms with Crippen LogP contribution >= 0.6 is 0 Å². The molecule has 78 valence electrons. The Morgan fingerprint density at radius 3 is 2.08 bits per heavy atom. The molecule has 0 aromatic carbocycles. The van der Waals surface area contributed by atoms with Crippen molar-refractivity contribution in [1.82, 2.24) is 5.32 Å². The van der Waals surface area contributed by atoms with Crippen LogP contribution in [-0.2, 0) is 0 Å². The van der Waals surface area contributed by atoms with Gasteiger partial charge in [0.25, 0.3) is 0 Å². The molecule has 4 heteroatoms. The summed E-state index contributed by atoms with van der Waals surface area (Å²) in [6, 6.07) is -1.30. The molecule has 0 aromatic heterocycles. The summed E-state index contributed by atoms with van der Waals surface area (Å²) in [7, 11) is 1.40. The summed E-state index contributed by atoms with van der Waals surface area (Å²) >= 11 is 0. The van der Waals surface area contributed by atoms with Crippen molar-refractivity contribution in [2.45, 2.75) is 44.3 Å². The topological polar surface area (TPSA) is 12.0 Å². The van der Waals surface area contributed by atoms with Crippen molar-refractivity contribution < 1.29 is 13.2 Å². The second-order valence-electron chi connectivity index (χ2n) is 3.71. The summed E-state index contributed by atoms with van der Waals surface area (Å²) in [6.07, 6.45) is 0.315. The largest absolute Gasteiger partial charge is 0.404 e. The van der Waals surface area contributed by atoms with Gasteiger partial charge >= 0.3 is 6.18 Å². The summed E-state index contributed by atoms with van der Waals surface area (Å²) in [5, 5.41) is 2.39. The van der Waals surface area contributed by atoms with Gasteiger partial charge in [0, 0.05) is 0 Å². The Morgan fingerprint density at radius 1 is 1.15 bits per heavy atom. The van der Waals surface area contributed by atoms with E-state index in [0.717, 1.165) is 19.3 Å². The van der Waals surface area contributed by atoms with E-state index >= 15 is 0 Å². The number of nitrogens with one attached hydrogen (secondary N) is 1. The molecular formula is C9H16F3N. The molecule has 0 saturated heterocycles. The van der Waals surface area contributed by atoms with Crippen LogP contribution in [0.25, 0.3) is 0 Å². The van der Waals surface area contributed by atoms with Crippen molar-refractivity contribution in [2.24, 2.45) is 5.92 Å². The zero-order chi connectivity index (χ0) is 9.90. The van der Waals surface area contributed by atoms with Gasteiger partial charge in [0.1, 0.15) is 6.04 Å². The highest BCUT2D eigenvalue weighted by Gasteiger charge is 2.43. The van der Waals surface area contributed by atoms with Crippen LogP contribution in [0.1, 0.15) is 32.1 Å². The normalized spacial score (nSPS) is 23.1. The lowest BCUT2D eigenvalue weighted by Crippen LogP contribution is -2.46. The van der Waals surface area contributed by atoms with E-state index in [1.54, 1.807) is 0 Å². The van der Waals surface area contributed by atoms with E-state index in [9.17, 15) is 13.2 Å². The van der Waals surface area contributed by atoms with Crippen LogP contribution in [0.3, 0.4) is 0 Å². The summed E-state index contributed by atoms with van der Waals surface area (Å²) in [5.41, 5.74) is 0. The first-order chi connectivity index (χ1) is 6.05. The van der Waals surface area contributed by atoms with Gasteiger partial charge in [0.2, 0.25) is 0 Å². The Kier molecular flexibility index (Phi) is 3.59. The molecule has 0 radical (unpaired) electrons. The highest BCUT2D eigenvalue weighted by molar-refractivity contribution is 4.83. The van der Waals surface area contributed by atoms with Crippen LogP contribution in [0.5, 0.6) is 0 Å². The zero-order valence-electron chi connectivity index (χ0n) is 7.82. The first-order valence-corrected chi connectivity index (χ1v) is 4.79. The average molecular weight is 195 g/mol. The van der Waals surface area contributed by atoms with E-state index in [4.69, 9.17) is 0 Å². The molecule has 1 unspecified atom stereocenters. The van der Waals surface area contributed by atoms with Gasteiger partial charge in [0.05, 0.1) is 0 Å². The molecule has 1 nitrogen and oxygen atoms in total. The first-order valence-electron chi connectivity index (χ1n) is 4.79. The molecule has 0 amide bonds. The van der Waals surface area contributed by atoms with Crippen LogP contribution in [-0.4, -0.2) is 19.3 Å². The van der Waals surface area contributed by atoms with Crippen molar-refractivity contribution in [3.63, 3.8) is 0 Å². The molecule has 1 aliphatic carbocycles. The van der Waals surface area contributed by atoms with E-state index in [1.165, 1.54) is 7.05 Å². The predicted molar refractivity (Wildman–Crippen MR) is 45.5 cm³/mol. The number of alkyl halides is 3. The average Bonchev–Trinajstić information content (AvgIpc) is 2.05. The van der Waals surface area contributed by atoms with Gasteiger partial charge in [-0.05, 0) is 25.8 Å². The molecule has 1 saturated carbocycles. The van der Waals surface area contributed by atoms with Crippen LogP contribution < -0.4 is 5.32 Å².